The maximum Gasteiger partial charge on any atom is 0.320 e. The van der Waals surface area contributed by atoms with Crippen molar-refractivity contribution in [1.29, 1.82) is 0 Å². The number of nitrogens with two attached hydrogens (primary N) is 1. The van der Waals surface area contributed by atoms with E-state index in [4.69, 9.17) is 15.6 Å². The van der Waals surface area contributed by atoms with Gasteiger partial charge >= 0.3 is 11.9 Å². The Balaban J connectivity index is 4.33. The number of esters is 1. The van der Waals surface area contributed by atoms with Crippen LogP contribution in [0, 0.1) is 0 Å². The average Bonchev–Trinajstić information content (AvgIpc) is 2.58. The summed E-state index contributed by atoms with van der Waals surface area (Å²) in [6.45, 7) is 4.26. The third kappa shape index (κ3) is 12.8. The lowest BCUT2D eigenvalue weighted by molar-refractivity contribution is -0.156. The first-order chi connectivity index (χ1) is 11.9. The van der Waals surface area contributed by atoms with Crippen LogP contribution in [-0.2, 0) is 14.3 Å². The molecule has 0 rings (SSSR count). The maximum atomic E-state index is 12.0. The summed E-state index contributed by atoms with van der Waals surface area (Å²) in [5.41, 5.74) is 5.40. The fourth-order valence-electron chi connectivity index (χ4n) is 2.69. The molecule has 3 unspecified atom stereocenters. The number of rotatable bonds is 16. The smallest absolute Gasteiger partial charge is 0.320 e. The van der Waals surface area contributed by atoms with Crippen LogP contribution >= 0.6 is 0 Å². The van der Waals surface area contributed by atoms with Crippen LogP contribution in [0.4, 0.5) is 0 Å². The minimum absolute atomic E-state index is 0.0407. The Morgan fingerprint density at radius 1 is 0.920 bits per heavy atom. The number of ether oxygens (including phenoxy) is 1. The number of hydrogen-bond acceptors (Lipinski definition) is 5. The summed E-state index contributed by atoms with van der Waals surface area (Å²) in [7, 11) is 0. The molecule has 0 saturated carbocycles. The summed E-state index contributed by atoms with van der Waals surface area (Å²) >= 11 is 0. The fraction of sp³-hybridized carbons (Fsp3) is 0.895. The zero-order valence-electron chi connectivity index (χ0n) is 15.9. The Bertz CT molecular complexity index is 362. The average molecular weight is 360 g/mol. The number of aliphatic hydroxyl groups is 1. The predicted octanol–water partition coefficient (Wildman–Crippen LogP) is 3.39. The summed E-state index contributed by atoms with van der Waals surface area (Å²) < 4.78 is 5.43. The van der Waals surface area contributed by atoms with Gasteiger partial charge in [-0.1, -0.05) is 58.8 Å². The van der Waals surface area contributed by atoms with Crippen molar-refractivity contribution >= 4 is 11.9 Å². The van der Waals surface area contributed by atoms with E-state index in [1.807, 2.05) is 0 Å². The molecule has 0 spiro atoms. The first kappa shape index (κ1) is 23.9. The molecule has 0 amide bonds. The zero-order chi connectivity index (χ0) is 19.1. The second kappa shape index (κ2) is 15.1. The predicted molar refractivity (Wildman–Crippen MR) is 98.3 cm³/mol. The maximum absolute atomic E-state index is 12.0. The normalized spacial score (nSPS) is 14.7. The molecule has 0 heterocycles. The van der Waals surface area contributed by atoms with E-state index in [1.165, 1.54) is 12.8 Å². The molecule has 0 aliphatic carbocycles. The van der Waals surface area contributed by atoms with Crippen molar-refractivity contribution in [3.63, 3.8) is 0 Å². The number of carboxylic acid groups (broad SMARTS) is 1. The van der Waals surface area contributed by atoms with E-state index in [2.05, 4.69) is 13.8 Å². The molecule has 0 aromatic heterocycles. The van der Waals surface area contributed by atoms with Crippen molar-refractivity contribution in [3.8, 4) is 0 Å². The largest absolute Gasteiger partial charge is 0.480 e. The quantitative estimate of drug-likeness (QED) is 0.288. The van der Waals surface area contributed by atoms with Gasteiger partial charge in [0.2, 0.25) is 0 Å². The summed E-state index contributed by atoms with van der Waals surface area (Å²) in [5.74, 6) is -1.61. The number of unbranched alkanes of at least 4 members (excludes halogenated alkanes) is 6. The highest BCUT2D eigenvalue weighted by molar-refractivity contribution is 5.75. The highest BCUT2D eigenvalue weighted by Gasteiger charge is 2.23. The van der Waals surface area contributed by atoms with Gasteiger partial charge in [0.1, 0.15) is 12.1 Å². The molecule has 0 aromatic carbocycles. The molecule has 0 fully saturated rings. The van der Waals surface area contributed by atoms with E-state index in [9.17, 15) is 14.7 Å². The molecular weight excluding hydrogens is 322 g/mol. The minimum atomic E-state index is -1.13. The SMILES string of the molecule is CCCCCCCC(O)C(CCCCC)OC(=O)CCC(N)C(=O)O. The first-order valence-electron chi connectivity index (χ1n) is 9.78. The van der Waals surface area contributed by atoms with Crippen LogP contribution in [0.5, 0.6) is 0 Å². The van der Waals surface area contributed by atoms with Crippen LogP contribution in [0.25, 0.3) is 0 Å². The Kier molecular flexibility index (Phi) is 14.5. The van der Waals surface area contributed by atoms with Crippen molar-refractivity contribution in [3.05, 3.63) is 0 Å². The van der Waals surface area contributed by atoms with Gasteiger partial charge in [-0.05, 0) is 25.7 Å². The van der Waals surface area contributed by atoms with Crippen LogP contribution in [0.1, 0.15) is 90.9 Å². The van der Waals surface area contributed by atoms with Crippen LogP contribution in [0.2, 0.25) is 0 Å². The summed E-state index contributed by atoms with van der Waals surface area (Å²) in [4.78, 5) is 22.6. The number of carbonyl (C=O) groups excluding carboxylic acids is 1. The van der Waals surface area contributed by atoms with Gasteiger partial charge in [-0.15, -0.1) is 0 Å². The van der Waals surface area contributed by atoms with E-state index in [-0.39, 0.29) is 12.8 Å². The van der Waals surface area contributed by atoms with Gasteiger partial charge in [-0.3, -0.25) is 9.59 Å². The highest BCUT2D eigenvalue weighted by Crippen LogP contribution is 2.17. The molecule has 0 saturated heterocycles. The Morgan fingerprint density at radius 2 is 1.48 bits per heavy atom. The highest BCUT2D eigenvalue weighted by atomic mass is 16.6. The van der Waals surface area contributed by atoms with Crippen molar-refractivity contribution in [1.82, 2.24) is 0 Å². The molecule has 6 nitrogen and oxygen atoms in total. The van der Waals surface area contributed by atoms with Gasteiger partial charge in [-0.25, -0.2) is 0 Å². The molecule has 148 valence electrons. The number of hydrogen-bond donors (Lipinski definition) is 3. The zero-order valence-corrected chi connectivity index (χ0v) is 15.9. The summed E-state index contributed by atoms with van der Waals surface area (Å²) in [6.07, 6.45) is 8.64. The van der Waals surface area contributed by atoms with E-state index in [1.54, 1.807) is 0 Å². The monoisotopic (exact) mass is 359 g/mol. The molecule has 0 radical (unpaired) electrons. The molecular formula is C19H37NO5. The number of aliphatic carboxylic acids is 1. The van der Waals surface area contributed by atoms with Crippen molar-refractivity contribution in [2.75, 3.05) is 0 Å². The lowest BCUT2D eigenvalue weighted by Crippen LogP contribution is -2.33. The van der Waals surface area contributed by atoms with Crippen LogP contribution < -0.4 is 5.73 Å². The van der Waals surface area contributed by atoms with Gasteiger partial charge < -0.3 is 20.7 Å². The molecule has 0 aromatic rings. The summed E-state index contributed by atoms with van der Waals surface area (Å²) in [5, 5.41) is 19.1. The lowest BCUT2D eigenvalue weighted by Gasteiger charge is -2.23. The van der Waals surface area contributed by atoms with Gasteiger partial charge in [0.25, 0.3) is 0 Å². The molecule has 0 aliphatic heterocycles. The molecule has 4 N–H and O–H groups in total. The Morgan fingerprint density at radius 3 is 2.08 bits per heavy atom. The van der Waals surface area contributed by atoms with Crippen LogP contribution in [0.3, 0.4) is 0 Å². The first-order valence-corrected chi connectivity index (χ1v) is 9.78. The van der Waals surface area contributed by atoms with Gasteiger partial charge in [-0.2, -0.15) is 0 Å². The molecule has 25 heavy (non-hydrogen) atoms. The summed E-state index contributed by atoms with van der Waals surface area (Å²) in [6, 6.07) is -1.06. The number of carbonyl (C=O) groups is 2. The second-order valence-electron chi connectivity index (χ2n) is 6.78. The van der Waals surface area contributed by atoms with Crippen molar-refractivity contribution in [2.45, 2.75) is 109 Å². The van der Waals surface area contributed by atoms with E-state index >= 15 is 0 Å². The van der Waals surface area contributed by atoms with Gasteiger partial charge in [0.15, 0.2) is 0 Å². The minimum Gasteiger partial charge on any atom is -0.480 e. The lowest BCUT2D eigenvalue weighted by atomic mass is 10.00. The molecule has 0 bridgehead atoms. The molecule has 3 atom stereocenters. The van der Waals surface area contributed by atoms with Crippen LogP contribution in [0.15, 0.2) is 0 Å². The fourth-order valence-corrected chi connectivity index (χ4v) is 2.69. The van der Waals surface area contributed by atoms with E-state index < -0.39 is 30.2 Å². The third-order valence-corrected chi connectivity index (χ3v) is 4.38. The van der Waals surface area contributed by atoms with Crippen molar-refractivity contribution in [2.24, 2.45) is 5.73 Å². The van der Waals surface area contributed by atoms with Gasteiger partial charge in [0, 0.05) is 6.42 Å². The second-order valence-corrected chi connectivity index (χ2v) is 6.78. The van der Waals surface area contributed by atoms with Crippen LogP contribution in [-0.4, -0.2) is 40.4 Å². The third-order valence-electron chi connectivity index (χ3n) is 4.38. The number of aliphatic hydroxyl groups excluding tert-OH is 1. The standard InChI is InChI=1S/C19H37NO5/c1-3-5-7-8-10-11-16(21)17(12-9-6-4-2)25-18(22)14-13-15(20)19(23)24/h15-17,21H,3-14,20H2,1-2H3,(H,23,24). The Labute approximate surface area is 152 Å². The van der Waals surface area contributed by atoms with E-state index in [0.717, 1.165) is 38.5 Å². The van der Waals surface area contributed by atoms with Crippen molar-refractivity contribution < 1.29 is 24.5 Å². The topological polar surface area (TPSA) is 110 Å². The Hall–Kier alpha value is -1.14. The number of carboxylic acids is 1. The van der Waals surface area contributed by atoms with E-state index in [0.29, 0.717) is 12.8 Å². The molecule has 6 heteroatoms. The van der Waals surface area contributed by atoms with Gasteiger partial charge in [0.05, 0.1) is 6.10 Å². The molecule has 0 aliphatic rings.